The smallest absolute Gasteiger partial charge is 0.338 e. The summed E-state index contributed by atoms with van der Waals surface area (Å²) in [7, 11) is 3.06. The quantitative estimate of drug-likeness (QED) is 0.244. The predicted molar refractivity (Wildman–Crippen MR) is 160 cm³/mol. The number of hydrogen-bond donors (Lipinski definition) is 0. The van der Waals surface area contributed by atoms with E-state index in [0.29, 0.717) is 54.7 Å². The summed E-state index contributed by atoms with van der Waals surface area (Å²) in [4.78, 5) is 32.3. The Labute approximate surface area is 249 Å². The summed E-state index contributed by atoms with van der Waals surface area (Å²) in [6.07, 6.45) is 7.08. The van der Waals surface area contributed by atoms with E-state index in [1.807, 2.05) is 13.0 Å². The number of fused-ring (bicyclic) bond motifs is 1. The summed E-state index contributed by atoms with van der Waals surface area (Å²) >= 11 is 4.83. The van der Waals surface area contributed by atoms with Gasteiger partial charge in [-0.05, 0) is 62.2 Å². The molecule has 0 radical (unpaired) electrons. The van der Waals surface area contributed by atoms with E-state index in [1.165, 1.54) is 30.1 Å². The third-order valence-electron chi connectivity index (χ3n) is 6.19. The molecule has 2 aromatic carbocycles. The average Bonchev–Trinajstić information content (AvgIpc) is 3.25. The number of nitrogens with zero attached hydrogens (tertiary/aromatic N) is 2. The van der Waals surface area contributed by atoms with Gasteiger partial charge >= 0.3 is 5.97 Å². The highest BCUT2D eigenvalue weighted by atomic mass is 79.9. The van der Waals surface area contributed by atoms with Gasteiger partial charge in [0.25, 0.3) is 5.56 Å². The first-order valence-corrected chi connectivity index (χ1v) is 14.3. The van der Waals surface area contributed by atoms with Gasteiger partial charge in [-0.1, -0.05) is 39.3 Å². The average molecular weight is 642 g/mol. The number of allylic oxidation sites excluding steroid dienone is 1. The molecule has 1 aromatic heterocycles. The van der Waals surface area contributed by atoms with Crippen LogP contribution in [-0.2, 0) is 9.53 Å². The van der Waals surface area contributed by atoms with Crippen LogP contribution in [0.4, 0.5) is 0 Å². The van der Waals surface area contributed by atoms with Crippen LogP contribution < -0.4 is 33.8 Å². The van der Waals surface area contributed by atoms with Crippen LogP contribution >= 0.6 is 27.3 Å². The first-order chi connectivity index (χ1) is 19.8. The molecule has 0 unspecified atom stereocenters. The lowest BCUT2D eigenvalue weighted by molar-refractivity contribution is -0.139. The summed E-state index contributed by atoms with van der Waals surface area (Å²) in [5.74, 6) is 3.84. The van der Waals surface area contributed by atoms with Crippen LogP contribution in [0.2, 0.25) is 0 Å². The van der Waals surface area contributed by atoms with E-state index in [4.69, 9.17) is 30.1 Å². The number of esters is 1. The molecule has 41 heavy (non-hydrogen) atoms. The molecule has 3 aromatic rings. The Morgan fingerprint density at radius 1 is 1.10 bits per heavy atom. The van der Waals surface area contributed by atoms with Crippen molar-refractivity contribution in [2.24, 2.45) is 4.99 Å². The van der Waals surface area contributed by atoms with Crippen molar-refractivity contribution in [2.45, 2.75) is 26.8 Å². The fourth-order valence-electron chi connectivity index (χ4n) is 4.44. The van der Waals surface area contributed by atoms with Gasteiger partial charge in [-0.3, -0.25) is 9.36 Å². The zero-order chi connectivity index (χ0) is 29.7. The van der Waals surface area contributed by atoms with Gasteiger partial charge in [0, 0.05) is 4.47 Å². The summed E-state index contributed by atoms with van der Waals surface area (Å²) in [6, 6.07) is 7.99. The fourth-order valence-corrected chi connectivity index (χ4v) is 6.02. The maximum absolute atomic E-state index is 14.0. The fraction of sp³-hybridized carbons (Fsp3) is 0.300. The van der Waals surface area contributed by atoms with Gasteiger partial charge in [0.2, 0.25) is 0 Å². The van der Waals surface area contributed by atoms with Crippen molar-refractivity contribution in [2.75, 3.05) is 34.0 Å². The number of aromatic nitrogens is 1. The third-order valence-corrected chi connectivity index (χ3v) is 7.86. The van der Waals surface area contributed by atoms with Crippen molar-refractivity contribution in [3.8, 4) is 35.3 Å². The highest BCUT2D eigenvalue weighted by Crippen LogP contribution is 2.40. The van der Waals surface area contributed by atoms with Crippen LogP contribution in [0, 0.1) is 12.3 Å². The van der Waals surface area contributed by atoms with Crippen LogP contribution in [0.3, 0.4) is 0 Å². The van der Waals surface area contributed by atoms with Gasteiger partial charge in [0.15, 0.2) is 27.8 Å². The lowest BCUT2D eigenvalue weighted by Gasteiger charge is -2.26. The van der Waals surface area contributed by atoms with E-state index in [2.05, 4.69) is 26.8 Å². The van der Waals surface area contributed by atoms with Crippen LogP contribution in [0.25, 0.3) is 6.08 Å². The normalized spacial score (nSPS) is 14.6. The molecule has 11 heteroatoms. The number of carbonyl (C=O) groups is 1. The number of terminal acetylenes is 1. The third kappa shape index (κ3) is 6.04. The molecule has 0 spiro atoms. The molecule has 0 N–H and O–H groups in total. The number of methoxy groups -OCH3 is 2. The molecule has 1 atom stereocenters. The van der Waals surface area contributed by atoms with Crippen molar-refractivity contribution >= 4 is 39.3 Å². The van der Waals surface area contributed by atoms with Crippen molar-refractivity contribution in [1.29, 1.82) is 0 Å². The number of halogens is 1. The topological polar surface area (TPSA) is 97.6 Å². The Balaban J connectivity index is 1.94. The highest BCUT2D eigenvalue weighted by molar-refractivity contribution is 9.10. The first-order valence-electron chi connectivity index (χ1n) is 12.7. The monoisotopic (exact) mass is 640 g/mol. The van der Waals surface area contributed by atoms with E-state index >= 15 is 0 Å². The van der Waals surface area contributed by atoms with Gasteiger partial charge < -0.3 is 23.7 Å². The number of rotatable bonds is 10. The van der Waals surface area contributed by atoms with Crippen molar-refractivity contribution in [3.05, 3.63) is 76.9 Å². The predicted octanol–water partition coefficient (Wildman–Crippen LogP) is 3.99. The Kier molecular flexibility index (Phi) is 9.57. The lowest BCUT2D eigenvalue weighted by Crippen LogP contribution is -2.40. The minimum atomic E-state index is -0.833. The molecule has 0 aliphatic carbocycles. The number of hydrogen-bond acceptors (Lipinski definition) is 9. The minimum Gasteiger partial charge on any atom is -0.493 e. The van der Waals surface area contributed by atoms with Gasteiger partial charge in [-0.2, -0.15) is 0 Å². The van der Waals surface area contributed by atoms with Crippen LogP contribution in [-0.4, -0.2) is 44.6 Å². The first kappa shape index (κ1) is 30.0. The second-order valence-electron chi connectivity index (χ2n) is 8.66. The van der Waals surface area contributed by atoms with E-state index < -0.39 is 12.0 Å². The maximum atomic E-state index is 14.0. The van der Waals surface area contributed by atoms with Gasteiger partial charge in [-0.15, -0.1) is 6.42 Å². The summed E-state index contributed by atoms with van der Waals surface area (Å²) in [6.45, 7) is 6.02. The van der Waals surface area contributed by atoms with Crippen molar-refractivity contribution < 1.29 is 28.5 Å². The summed E-state index contributed by atoms with van der Waals surface area (Å²) in [5, 5.41) is 0. The maximum Gasteiger partial charge on any atom is 0.338 e. The van der Waals surface area contributed by atoms with Crippen molar-refractivity contribution in [3.63, 3.8) is 0 Å². The Bertz CT molecular complexity index is 1730. The molecule has 214 valence electrons. The Hall–Kier alpha value is -4.01. The van der Waals surface area contributed by atoms with E-state index in [-0.39, 0.29) is 24.3 Å². The number of benzene rings is 2. The van der Waals surface area contributed by atoms with Gasteiger partial charge in [-0.25, -0.2) is 9.79 Å². The Morgan fingerprint density at radius 3 is 2.49 bits per heavy atom. The Morgan fingerprint density at radius 2 is 1.83 bits per heavy atom. The largest absolute Gasteiger partial charge is 0.493 e. The number of carbonyl (C=O) groups excluding carboxylic acids is 1. The molecule has 9 nitrogen and oxygen atoms in total. The van der Waals surface area contributed by atoms with E-state index in [9.17, 15) is 9.59 Å². The molecular formula is C30H29BrN2O7S. The van der Waals surface area contributed by atoms with Crippen LogP contribution in [0.15, 0.2) is 55.9 Å². The van der Waals surface area contributed by atoms with Crippen molar-refractivity contribution in [1.82, 2.24) is 4.57 Å². The second-order valence-corrected chi connectivity index (χ2v) is 10.5. The molecule has 1 aliphatic heterocycles. The molecule has 0 saturated heterocycles. The summed E-state index contributed by atoms with van der Waals surface area (Å²) in [5.41, 5.74) is 1.72. The lowest BCUT2D eigenvalue weighted by atomic mass is 9.95. The zero-order valence-corrected chi connectivity index (χ0v) is 25.7. The zero-order valence-electron chi connectivity index (χ0n) is 23.3. The molecule has 0 bridgehead atoms. The SMILES string of the molecule is C#CCOc1ccc(/C=c2\sc3n(c2=O)[C@H](c2cc(OC)c(OC)cc2Br)C(C(=O)OCC)=C(C)N=3)cc1OCC. The molecule has 2 heterocycles. The van der Waals surface area contributed by atoms with Gasteiger partial charge in [0.05, 0.1) is 49.3 Å². The summed E-state index contributed by atoms with van der Waals surface area (Å²) < 4.78 is 30.2. The standard InChI is InChI=1S/C30H29BrN2O7S/c1-7-12-40-21-11-10-18(13-24(21)38-8-2)14-25-28(34)33-27(19-15-22(36-5)23(37-6)16-20(19)31)26(29(35)39-9-3)17(4)32-30(33)41-25/h1,10-11,13-16,27H,8-9,12H2,2-6H3/b25-14-/t27-/m1/s1. The molecule has 1 aliphatic rings. The molecule has 4 rings (SSSR count). The van der Waals surface area contributed by atoms with E-state index in [1.54, 1.807) is 44.2 Å². The molecule has 0 amide bonds. The minimum absolute atomic E-state index is 0.103. The highest BCUT2D eigenvalue weighted by Gasteiger charge is 2.35. The molecule has 0 saturated carbocycles. The van der Waals surface area contributed by atoms with Gasteiger partial charge in [0.1, 0.15) is 6.61 Å². The van der Waals surface area contributed by atoms with Crippen LogP contribution in [0.5, 0.6) is 23.0 Å². The van der Waals surface area contributed by atoms with E-state index in [0.717, 1.165) is 5.56 Å². The van der Waals surface area contributed by atoms with Crippen LogP contribution in [0.1, 0.15) is 37.9 Å². The molecular weight excluding hydrogens is 612 g/mol. The second kappa shape index (κ2) is 13.1. The number of ether oxygens (including phenoxy) is 5. The number of thiazole rings is 1. The molecule has 0 fully saturated rings.